The lowest BCUT2D eigenvalue weighted by molar-refractivity contribution is -0.123. The largest absolute Gasteiger partial charge is 0.484 e. The van der Waals surface area contributed by atoms with Crippen LogP contribution in [0.4, 0.5) is 5.69 Å². The van der Waals surface area contributed by atoms with Crippen molar-refractivity contribution < 1.29 is 14.3 Å². The summed E-state index contributed by atoms with van der Waals surface area (Å²) in [7, 11) is 0. The first-order valence-corrected chi connectivity index (χ1v) is 8.81. The van der Waals surface area contributed by atoms with Crippen molar-refractivity contribution in [2.75, 3.05) is 18.5 Å². The van der Waals surface area contributed by atoms with Crippen molar-refractivity contribution in [2.45, 2.75) is 13.5 Å². The Morgan fingerprint density at radius 2 is 1.93 bits per heavy atom. The van der Waals surface area contributed by atoms with Crippen molar-refractivity contribution in [1.29, 1.82) is 0 Å². The Morgan fingerprint density at radius 3 is 2.75 bits per heavy atom. The molecule has 144 valence electrons. The van der Waals surface area contributed by atoms with Gasteiger partial charge in [-0.25, -0.2) is 0 Å². The van der Waals surface area contributed by atoms with Crippen LogP contribution in [0.25, 0.3) is 10.9 Å². The molecule has 1 aromatic heterocycles. The second-order valence-corrected chi connectivity index (χ2v) is 6.00. The van der Waals surface area contributed by atoms with Crippen LogP contribution < -0.4 is 20.8 Å². The van der Waals surface area contributed by atoms with E-state index in [1.807, 2.05) is 6.92 Å². The molecule has 0 bridgehead atoms. The van der Waals surface area contributed by atoms with Crippen molar-refractivity contribution in [3.63, 3.8) is 0 Å². The van der Waals surface area contributed by atoms with Gasteiger partial charge in [0.05, 0.1) is 11.7 Å². The highest BCUT2D eigenvalue weighted by molar-refractivity contribution is 5.91. The van der Waals surface area contributed by atoms with Crippen LogP contribution in [0.3, 0.4) is 0 Å². The minimum Gasteiger partial charge on any atom is -0.484 e. The van der Waals surface area contributed by atoms with Crippen molar-refractivity contribution >= 4 is 28.4 Å². The van der Waals surface area contributed by atoms with Gasteiger partial charge in [-0.3, -0.25) is 19.1 Å². The summed E-state index contributed by atoms with van der Waals surface area (Å²) in [6, 6.07) is 13.8. The molecule has 28 heavy (non-hydrogen) atoms. The summed E-state index contributed by atoms with van der Waals surface area (Å²) in [5.74, 6) is -0.0497. The lowest BCUT2D eigenvalue weighted by Crippen LogP contribution is -2.28. The molecule has 0 aliphatic heterocycles. The highest BCUT2D eigenvalue weighted by Gasteiger charge is 2.09. The standard InChI is InChI=1S/C20H20N4O4/c1-2-21-20(27)13-28-15-7-5-6-14(10-15)23-19(26)12-24-17-9-4-3-8-16(17)18(25)11-22-24/h3-11H,2,12-13H2,1H3,(H,21,27)(H,23,26). The van der Waals surface area contributed by atoms with Crippen LogP contribution in [-0.4, -0.2) is 34.7 Å². The van der Waals surface area contributed by atoms with Gasteiger partial charge in [0.25, 0.3) is 5.91 Å². The zero-order valence-electron chi connectivity index (χ0n) is 15.3. The molecule has 8 nitrogen and oxygen atoms in total. The highest BCUT2D eigenvalue weighted by atomic mass is 16.5. The fourth-order valence-electron chi connectivity index (χ4n) is 2.68. The number of ether oxygens (including phenoxy) is 1. The topological polar surface area (TPSA) is 102 Å². The minimum absolute atomic E-state index is 0.0508. The Labute approximate surface area is 161 Å². The lowest BCUT2D eigenvalue weighted by Gasteiger charge is -2.11. The number of anilines is 1. The fraction of sp³-hybridized carbons (Fsp3) is 0.200. The normalized spacial score (nSPS) is 10.5. The third-order valence-electron chi connectivity index (χ3n) is 3.92. The average Bonchev–Trinajstić information content (AvgIpc) is 2.69. The number of rotatable bonds is 7. The van der Waals surface area contributed by atoms with Crippen molar-refractivity contribution in [2.24, 2.45) is 0 Å². The quantitative estimate of drug-likeness (QED) is 0.647. The van der Waals surface area contributed by atoms with Gasteiger partial charge in [0, 0.05) is 23.7 Å². The molecule has 0 unspecified atom stereocenters. The number of benzene rings is 2. The summed E-state index contributed by atoms with van der Waals surface area (Å²) in [6.45, 7) is 2.21. The number of fused-ring (bicyclic) bond motifs is 1. The summed E-state index contributed by atoms with van der Waals surface area (Å²) in [5, 5.41) is 9.96. The molecule has 0 fully saturated rings. The number of hydrogen-bond donors (Lipinski definition) is 2. The Morgan fingerprint density at radius 1 is 1.11 bits per heavy atom. The van der Waals surface area contributed by atoms with Crippen LogP contribution in [0, 0.1) is 0 Å². The molecule has 2 N–H and O–H groups in total. The zero-order chi connectivity index (χ0) is 19.9. The molecular weight excluding hydrogens is 360 g/mol. The Kier molecular flexibility index (Phi) is 6.01. The summed E-state index contributed by atoms with van der Waals surface area (Å²) in [6.07, 6.45) is 1.20. The molecule has 3 rings (SSSR count). The van der Waals surface area contributed by atoms with Gasteiger partial charge in [-0.2, -0.15) is 5.10 Å². The van der Waals surface area contributed by atoms with Gasteiger partial charge in [-0.15, -0.1) is 0 Å². The van der Waals surface area contributed by atoms with Gasteiger partial charge in [-0.05, 0) is 31.2 Å². The average molecular weight is 380 g/mol. The first-order valence-electron chi connectivity index (χ1n) is 8.81. The molecular formula is C20H20N4O4. The molecule has 0 radical (unpaired) electrons. The Hall–Kier alpha value is -3.68. The van der Waals surface area contributed by atoms with E-state index in [0.717, 1.165) is 0 Å². The van der Waals surface area contributed by atoms with Crippen LogP contribution >= 0.6 is 0 Å². The monoisotopic (exact) mass is 380 g/mol. The molecule has 8 heteroatoms. The van der Waals surface area contributed by atoms with Gasteiger partial charge in [-0.1, -0.05) is 18.2 Å². The van der Waals surface area contributed by atoms with Gasteiger partial charge < -0.3 is 15.4 Å². The van der Waals surface area contributed by atoms with E-state index in [1.165, 1.54) is 10.9 Å². The van der Waals surface area contributed by atoms with Crippen LogP contribution in [0.5, 0.6) is 5.75 Å². The maximum absolute atomic E-state index is 12.4. The van der Waals surface area contributed by atoms with E-state index in [1.54, 1.807) is 48.5 Å². The Bertz CT molecular complexity index is 1060. The molecule has 0 aliphatic carbocycles. The van der Waals surface area contributed by atoms with Gasteiger partial charge >= 0.3 is 0 Å². The van der Waals surface area contributed by atoms with Crippen molar-refractivity contribution in [1.82, 2.24) is 15.1 Å². The maximum atomic E-state index is 12.4. The van der Waals surface area contributed by atoms with Crippen molar-refractivity contribution in [3.05, 3.63) is 65.0 Å². The third kappa shape index (κ3) is 4.73. The predicted octanol–water partition coefficient (Wildman–Crippen LogP) is 1.55. The number of carbonyl (C=O) groups is 2. The van der Waals surface area contributed by atoms with E-state index >= 15 is 0 Å². The summed E-state index contributed by atoms with van der Waals surface area (Å²) in [4.78, 5) is 35.8. The second kappa shape index (κ2) is 8.81. The fourth-order valence-corrected chi connectivity index (χ4v) is 2.68. The number of carbonyl (C=O) groups excluding carboxylic acids is 2. The number of hydrogen-bond acceptors (Lipinski definition) is 5. The van der Waals surface area contributed by atoms with E-state index in [0.29, 0.717) is 28.9 Å². The Balaban J connectivity index is 1.67. The van der Waals surface area contributed by atoms with E-state index in [2.05, 4.69) is 15.7 Å². The molecule has 2 aromatic carbocycles. The molecule has 2 amide bonds. The number of nitrogens with one attached hydrogen (secondary N) is 2. The van der Waals surface area contributed by atoms with E-state index in [9.17, 15) is 14.4 Å². The SMILES string of the molecule is CCNC(=O)COc1cccc(NC(=O)Cn2ncc(=O)c3ccccc32)c1. The molecule has 0 aliphatic rings. The van der Waals surface area contributed by atoms with Crippen LogP contribution in [0.15, 0.2) is 59.5 Å². The number of para-hydroxylation sites is 1. The van der Waals surface area contributed by atoms with Crippen LogP contribution in [-0.2, 0) is 16.1 Å². The summed E-state index contributed by atoms with van der Waals surface area (Å²) < 4.78 is 6.89. The molecule has 1 heterocycles. The van der Waals surface area contributed by atoms with E-state index in [-0.39, 0.29) is 30.4 Å². The molecule has 0 saturated carbocycles. The molecule has 3 aromatic rings. The van der Waals surface area contributed by atoms with Gasteiger partial charge in [0.1, 0.15) is 12.3 Å². The van der Waals surface area contributed by atoms with Crippen LogP contribution in [0.1, 0.15) is 6.92 Å². The smallest absolute Gasteiger partial charge is 0.257 e. The number of aromatic nitrogens is 2. The second-order valence-electron chi connectivity index (χ2n) is 6.00. The number of amides is 2. The predicted molar refractivity (Wildman–Crippen MR) is 105 cm³/mol. The minimum atomic E-state index is -0.304. The van der Waals surface area contributed by atoms with Gasteiger partial charge in [0.2, 0.25) is 11.3 Å². The molecule has 0 saturated heterocycles. The third-order valence-corrected chi connectivity index (χ3v) is 3.92. The molecule has 0 spiro atoms. The van der Waals surface area contributed by atoms with E-state index in [4.69, 9.17) is 4.74 Å². The first kappa shape index (κ1) is 19.1. The maximum Gasteiger partial charge on any atom is 0.257 e. The summed E-state index contributed by atoms with van der Waals surface area (Å²) in [5.41, 5.74) is 0.928. The number of likely N-dealkylation sites (N-methyl/N-ethyl adjacent to an activating group) is 1. The highest BCUT2D eigenvalue weighted by Crippen LogP contribution is 2.17. The summed E-state index contributed by atoms with van der Waals surface area (Å²) >= 11 is 0. The zero-order valence-corrected chi connectivity index (χ0v) is 15.3. The lowest BCUT2D eigenvalue weighted by atomic mass is 10.2. The number of nitrogens with zero attached hydrogens (tertiary/aromatic N) is 2. The molecule has 0 atom stereocenters. The van der Waals surface area contributed by atoms with E-state index < -0.39 is 0 Å². The van der Waals surface area contributed by atoms with Gasteiger partial charge in [0.15, 0.2) is 6.61 Å². The first-order chi connectivity index (χ1) is 13.6. The van der Waals surface area contributed by atoms with Crippen molar-refractivity contribution in [3.8, 4) is 5.75 Å². The van der Waals surface area contributed by atoms with Crippen LogP contribution in [0.2, 0.25) is 0 Å².